The van der Waals surface area contributed by atoms with Crippen molar-refractivity contribution >= 4 is 27.6 Å². The van der Waals surface area contributed by atoms with Crippen molar-refractivity contribution in [1.29, 1.82) is 0 Å². The van der Waals surface area contributed by atoms with Crippen molar-refractivity contribution in [3.8, 4) is 22.6 Å². The van der Waals surface area contributed by atoms with Gasteiger partial charge in [0.25, 0.3) is 0 Å². The van der Waals surface area contributed by atoms with Crippen LogP contribution in [0, 0.1) is 0 Å². The first kappa shape index (κ1) is 32.5. The average molecular weight is 665 g/mol. The Hall–Kier alpha value is -5.46. The quantitative estimate of drug-likeness (QED) is 0.181. The van der Waals surface area contributed by atoms with Gasteiger partial charge in [0.2, 0.25) is 15.9 Å². The number of nitrogens with zero attached hydrogens (tertiary/aromatic N) is 4. The van der Waals surface area contributed by atoms with Crippen LogP contribution in [0.25, 0.3) is 11.1 Å². The SMILES string of the molecule is O=C(NCCCn1ccnc1)C1CN(C(=O)Nc2ccc(Oc3ccccc3)cc2)CCN1S(=O)(=O)c1ccc(-c2ccccc2)cc1. The van der Waals surface area contributed by atoms with Crippen molar-refractivity contribution in [2.45, 2.75) is 23.9 Å². The molecule has 1 aliphatic rings. The number of amides is 3. The predicted molar refractivity (Wildman–Crippen MR) is 183 cm³/mol. The summed E-state index contributed by atoms with van der Waals surface area (Å²) in [6.45, 7) is 0.914. The fourth-order valence-electron chi connectivity index (χ4n) is 5.48. The zero-order chi connectivity index (χ0) is 33.3. The fraction of sp³-hybridized carbons (Fsp3) is 0.194. The van der Waals surface area contributed by atoms with Crippen molar-refractivity contribution in [1.82, 2.24) is 24.1 Å². The van der Waals surface area contributed by atoms with Crippen LogP contribution in [0.2, 0.25) is 0 Å². The number of aromatic nitrogens is 2. The molecule has 1 saturated heterocycles. The summed E-state index contributed by atoms with van der Waals surface area (Å²) in [6, 6.07) is 31.0. The number of carbonyl (C=O) groups is 2. The van der Waals surface area contributed by atoms with Gasteiger partial charge >= 0.3 is 6.03 Å². The van der Waals surface area contributed by atoms with Crippen LogP contribution in [0.3, 0.4) is 0 Å². The third-order valence-corrected chi connectivity index (χ3v) is 9.95. The maximum absolute atomic E-state index is 14.0. The summed E-state index contributed by atoms with van der Waals surface area (Å²) in [5.41, 5.74) is 2.38. The first-order valence-electron chi connectivity index (χ1n) is 15.7. The molecule has 0 aliphatic carbocycles. The minimum atomic E-state index is -4.07. The Morgan fingerprint density at radius 1 is 0.812 bits per heavy atom. The van der Waals surface area contributed by atoms with Gasteiger partial charge in [0, 0.05) is 50.8 Å². The van der Waals surface area contributed by atoms with Gasteiger partial charge in [0.1, 0.15) is 17.5 Å². The predicted octanol–water partition coefficient (Wildman–Crippen LogP) is 5.46. The van der Waals surface area contributed by atoms with Crippen LogP contribution >= 0.6 is 0 Å². The van der Waals surface area contributed by atoms with Crippen molar-refractivity contribution in [2.75, 3.05) is 31.5 Å². The number of imidazole rings is 1. The van der Waals surface area contributed by atoms with Gasteiger partial charge in [0.05, 0.1) is 11.2 Å². The average Bonchev–Trinajstić information content (AvgIpc) is 3.65. The topological polar surface area (TPSA) is 126 Å². The van der Waals surface area contributed by atoms with Gasteiger partial charge in [-0.3, -0.25) is 4.79 Å². The highest BCUT2D eigenvalue weighted by Crippen LogP contribution is 2.27. The number of ether oxygens (including phenoxy) is 1. The molecule has 1 unspecified atom stereocenters. The number of carbonyl (C=O) groups excluding carboxylic acids is 2. The van der Waals surface area contributed by atoms with E-state index in [1.54, 1.807) is 61.1 Å². The number of anilines is 1. The van der Waals surface area contributed by atoms with Gasteiger partial charge < -0.3 is 24.8 Å². The number of para-hydroxylation sites is 1. The molecule has 6 rings (SSSR count). The summed E-state index contributed by atoms with van der Waals surface area (Å²) < 4.78 is 36.9. The Labute approximate surface area is 279 Å². The van der Waals surface area contributed by atoms with Gasteiger partial charge in [0.15, 0.2) is 0 Å². The van der Waals surface area contributed by atoms with E-state index in [0.29, 0.717) is 36.7 Å². The lowest BCUT2D eigenvalue weighted by Crippen LogP contribution is -2.62. The van der Waals surface area contributed by atoms with E-state index < -0.39 is 28.0 Å². The largest absolute Gasteiger partial charge is 0.457 e. The second-order valence-electron chi connectivity index (χ2n) is 11.3. The number of urea groups is 1. The van der Waals surface area contributed by atoms with E-state index in [4.69, 9.17) is 4.74 Å². The van der Waals surface area contributed by atoms with E-state index in [-0.39, 0.29) is 24.5 Å². The maximum Gasteiger partial charge on any atom is 0.321 e. The highest BCUT2D eigenvalue weighted by Gasteiger charge is 2.41. The highest BCUT2D eigenvalue weighted by atomic mass is 32.2. The molecule has 3 amide bonds. The summed E-state index contributed by atoms with van der Waals surface area (Å²) in [7, 11) is -4.07. The molecule has 0 spiro atoms. The maximum atomic E-state index is 14.0. The molecule has 4 aromatic carbocycles. The molecular weight excluding hydrogens is 629 g/mol. The molecule has 246 valence electrons. The minimum Gasteiger partial charge on any atom is -0.457 e. The Morgan fingerprint density at radius 3 is 2.17 bits per heavy atom. The normalized spacial score (nSPS) is 15.1. The second-order valence-corrected chi connectivity index (χ2v) is 13.2. The van der Waals surface area contributed by atoms with E-state index in [1.807, 2.05) is 71.4 Å². The summed E-state index contributed by atoms with van der Waals surface area (Å²) in [4.78, 5) is 32.5. The van der Waals surface area contributed by atoms with Gasteiger partial charge in [-0.25, -0.2) is 18.2 Å². The molecule has 1 atom stereocenters. The zero-order valence-corrected chi connectivity index (χ0v) is 27.0. The third kappa shape index (κ3) is 7.91. The molecule has 0 saturated carbocycles. The first-order chi connectivity index (χ1) is 23.4. The van der Waals surface area contributed by atoms with E-state index in [2.05, 4.69) is 15.6 Å². The Bertz CT molecular complexity index is 1900. The molecule has 1 aromatic heterocycles. The number of nitrogens with one attached hydrogen (secondary N) is 2. The standard InChI is InChI=1S/C36H36N6O5S/c43-35(38-20-7-22-40-23-21-37-27-40)34-26-41(36(44)39-30-14-16-32(17-15-30)47-31-10-5-2-6-11-31)24-25-42(34)48(45,46)33-18-12-29(13-19-33)28-8-3-1-4-9-28/h1-6,8-19,21,23,27,34H,7,20,22,24-26H2,(H,38,43)(H,39,44). The lowest BCUT2D eigenvalue weighted by Gasteiger charge is -2.39. The van der Waals surface area contributed by atoms with Gasteiger partial charge in [-0.1, -0.05) is 60.7 Å². The van der Waals surface area contributed by atoms with Crippen LogP contribution in [0.4, 0.5) is 10.5 Å². The number of benzene rings is 4. The van der Waals surface area contributed by atoms with E-state index >= 15 is 0 Å². The Balaban J connectivity index is 1.15. The molecule has 12 heteroatoms. The molecule has 2 heterocycles. The van der Waals surface area contributed by atoms with Crippen LogP contribution in [0.1, 0.15) is 6.42 Å². The van der Waals surface area contributed by atoms with Crippen LogP contribution < -0.4 is 15.4 Å². The van der Waals surface area contributed by atoms with Crippen molar-refractivity contribution in [2.24, 2.45) is 0 Å². The molecule has 11 nitrogen and oxygen atoms in total. The summed E-state index contributed by atoms with van der Waals surface area (Å²) in [5, 5.41) is 5.74. The molecule has 48 heavy (non-hydrogen) atoms. The van der Waals surface area contributed by atoms with Gasteiger partial charge in [-0.15, -0.1) is 0 Å². The minimum absolute atomic E-state index is 0.0484. The number of sulfonamides is 1. The lowest BCUT2D eigenvalue weighted by atomic mass is 10.1. The van der Waals surface area contributed by atoms with Crippen LogP contribution in [0.15, 0.2) is 133 Å². The molecule has 1 aliphatic heterocycles. The monoisotopic (exact) mass is 664 g/mol. The zero-order valence-electron chi connectivity index (χ0n) is 26.2. The van der Waals surface area contributed by atoms with Gasteiger partial charge in [-0.2, -0.15) is 4.31 Å². The first-order valence-corrected chi connectivity index (χ1v) is 17.1. The fourth-order valence-corrected chi connectivity index (χ4v) is 7.05. The second kappa shape index (κ2) is 15.0. The molecule has 0 bridgehead atoms. The molecule has 5 aromatic rings. The van der Waals surface area contributed by atoms with Crippen LogP contribution in [-0.2, 0) is 21.4 Å². The summed E-state index contributed by atoms with van der Waals surface area (Å²) in [5.74, 6) is 0.838. The molecule has 2 N–H and O–H groups in total. The molecular formula is C36H36N6O5S. The molecule has 1 fully saturated rings. The van der Waals surface area contributed by atoms with Crippen molar-refractivity contribution < 1.29 is 22.7 Å². The number of hydrogen-bond donors (Lipinski definition) is 2. The Kier molecular flexibility index (Phi) is 10.1. The van der Waals surface area contributed by atoms with Crippen LogP contribution in [-0.4, -0.2) is 71.3 Å². The summed E-state index contributed by atoms with van der Waals surface area (Å²) in [6.07, 6.45) is 5.83. The van der Waals surface area contributed by atoms with Gasteiger partial charge in [-0.05, 0) is 66.1 Å². The van der Waals surface area contributed by atoms with E-state index in [0.717, 1.165) is 11.1 Å². The Morgan fingerprint density at radius 2 is 1.48 bits per heavy atom. The lowest BCUT2D eigenvalue weighted by molar-refractivity contribution is -0.126. The van der Waals surface area contributed by atoms with Crippen LogP contribution in [0.5, 0.6) is 11.5 Å². The van der Waals surface area contributed by atoms with E-state index in [1.165, 1.54) is 9.21 Å². The van der Waals surface area contributed by atoms with Crippen molar-refractivity contribution in [3.05, 3.63) is 128 Å². The van der Waals surface area contributed by atoms with E-state index in [9.17, 15) is 18.0 Å². The van der Waals surface area contributed by atoms with Crippen molar-refractivity contribution in [3.63, 3.8) is 0 Å². The number of piperazine rings is 1. The smallest absolute Gasteiger partial charge is 0.321 e. The molecule has 0 radical (unpaired) electrons. The third-order valence-electron chi connectivity index (χ3n) is 8.03. The summed E-state index contributed by atoms with van der Waals surface area (Å²) >= 11 is 0. The number of aryl methyl sites for hydroxylation is 1. The number of rotatable bonds is 11. The number of hydrogen-bond acceptors (Lipinski definition) is 6. The highest BCUT2D eigenvalue weighted by molar-refractivity contribution is 7.89.